The van der Waals surface area contributed by atoms with Crippen LogP contribution in [0.25, 0.3) is 0 Å². The highest BCUT2D eigenvalue weighted by Gasteiger charge is 2.12. The molecule has 2 amide bonds. The summed E-state index contributed by atoms with van der Waals surface area (Å²) in [6, 6.07) is 14.6. The summed E-state index contributed by atoms with van der Waals surface area (Å²) >= 11 is 0. The van der Waals surface area contributed by atoms with Gasteiger partial charge < -0.3 is 15.4 Å². The molecule has 0 aliphatic rings. The summed E-state index contributed by atoms with van der Waals surface area (Å²) in [7, 11) is 0. The average molecular weight is 354 g/mol. The Hall–Kier alpha value is -3.15. The fourth-order valence-corrected chi connectivity index (χ4v) is 2.37. The number of hydrogen-bond acceptors (Lipinski definition) is 4. The van der Waals surface area contributed by atoms with Crippen molar-refractivity contribution in [1.29, 1.82) is 0 Å². The highest BCUT2D eigenvalue weighted by atomic mass is 16.5. The molecule has 0 radical (unpaired) electrons. The molecule has 6 nitrogen and oxygen atoms in total. The molecule has 0 heterocycles. The van der Waals surface area contributed by atoms with E-state index in [2.05, 4.69) is 10.6 Å². The number of amides is 2. The number of esters is 1. The zero-order valence-corrected chi connectivity index (χ0v) is 14.9. The van der Waals surface area contributed by atoms with E-state index in [1.807, 2.05) is 38.1 Å². The smallest absolute Gasteiger partial charge is 0.306 e. The molecule has 26 heavy (non-hydrogen) atoms. The van der Waals surface area contributed by atoms with Crippen molar-refractivity contribution in [3.05, 3.63) is 59.7 Å². The molecule has 2 aromatic rings. The van der Waals surface area contributed by atoms with Gasteiger partial charge in [-0.05, 0) is 37.1 Å². The summed E-state index contributed by atoms with van der Waals surface area (Å²) in [5, 5.41) is 5.42. The van der Waals surface area contributed by atoms with Crippen molar-refractivity contribution in [2.24, 2.45) is 0 Å². The van der Waals surface area contributed by atoms with Gasteiger partial charge in [-0.15, -0.1) is 0 Å². The monoisotopic (exact) mass is 354 g/mol. The van der Waals surface area contributed by atoms with Gasteiger partial charge in [-0.25, -0.2) is 0 Å². The molecule has 0 saturated carbocycles. The number of benzene rings is 2. The third-order valence-electron chi connectivity index (χ3n) is 3.72. The Kier molecular flexibility index (Phi) is 6.91. The fourth-order valence-electron chi connectivity index (χ4n) is 2.37. The number of nitrogens with one attached hydrogen (secondary N) is 2. The maximum absolute atomic E-state index is 12.0. The van der Waals surface area contributed by atoms with Crippen LogP contribution in [0.3, 0.4) is 0 Å². The van der Waals surface area contributed by atoms with Crippen LogP contribution in [0.2, 0.25) is 0 Å². The van der Waals surface area contributed by atoms with Gasteiger partial charge in [0.05, 0.1) is 6.42 Å². The molecule has 0 unspecified atom stereocenters. The van der Waals surface area contributed by atoms with E-state index in [0.29, 0.717) is 5.69 Å². The highest BCUT2D eigenvalue weighted by Crippen LogP contribution is 2.19. The molecule has 0 spiro atoms. The van der Waals surface area contributed by atoms with E-state index in [0.717, 1.165) is 16.8 Å². The molecular formula is C20H22N2O4. The number of carbonyl (C=O) groups is 3. The van der Waals surface area contributed by atoms with Crippen LogP contribution in [-0.2, 0) is 19.1 Å². The van der Waals surface area contributed by atoms with Crippen molar-refractivity contribution in [1.82, 2.24) is 0 Å². The molecule has 0 saturated heterocycles. The fraction of sp³-hybridized carbons (Fsp3) is 0.250. The lowest BCUT2D eigenvalue weighted by Crippen LogP contribution is -2.22. The largest absolute Gasteiger partial charge is 0.456 e. The second kappa shape index (κ2) is 9.36. The van der Waals surface area contributed by atoms with Crippen molar-refractivity contribution in [2.45, 2.75) is 26.7 Å². The molecule has 0 aromatic heterocycles. The molecule has 6 heteroatoms. The molecular weight excluding hydrogens is 332 g/mol. The molecule has 2 N–H and O–H groups in total. The predicted octanol–water partition coefficient (Wildman–Crippen LogP) is 3.20. The first-order valence-corrected chi connectivity index (χ1v) is 8.32. The van der Waals surface area contributed by atoms with E-state index >= 15 is 0 Å². The third-order valence-corrected chi connectivity index (χ3v) is 3.72. The maximum Gasteiger partial charge on any atom is 0.306 e. The Morgan fingerprint density at radius 1 is 0.808 bits per heavy atom. The second-order valence-electron chi connectivity index (χ2n) is 5.89. The van der Waals surface area contributed by atoms with E-state index in [1.54, 1.807) is 24.3 Å². The summed E-state index contributed by atoms with van der Waals surface area (Å²) in [4.78, 5) is 35.4. The quantitative estimate of drug-likeness (QED) is 0.748. The molecule has 0 aliphatic heterocycles. The molecule has 0 fully saturated rings. The number of ether oxygens (including phenoxy) is 1. The van der Waals surface area contributed by atoms with E-state index in [-0.39, 0.29) is 25.4 Å². The van der Waals surface area contributed by atoms with Gasteiger partial charge in [0.15, 0.2) is 6.61 Å². The molecule has 0 aliphatic carbocycles. The van der Waals surface area contributed by atoms with Crippen LogP contribution in [0.5, 0.6) is 0 Å². The summed E-state index contributed by atoms with van der Waals surface area (Å²) in [6.07, 6.45) is -0.0949. The number of hydrogen-bond donors (Lipinski definition) is 2. The molecule has 0 bridgehead atoms. The van der Waals surface area contributed by atoms with E-state index in [4.69, 9.17) is 4.74 Å². The number of para-hydroxylation sites is 2. The van der Waals surface area contributed by atoms with Gasteiger partial charge in [0.2, 0.25) is 5.91 Å². The van der Waals surface area contributed by atoms with Crippen molar-refractivity contribution in [3.63, 3.8) is 0 Å². The van der Waals surface area contributed by atoms with Crippen LogP contribution in [0.4, 0.5) is 11.4 Å². The lowest BCUT2D eigenvalue weighted by atomic mass is 10.1. The topological polar surface area (TPSA) is 84.5 Å². The first-order chi connectivity index (χ1) is 12.5. The predicted molar refractivity (Wildman–Crippen MR) is 99.8 cm³/mol. The number of carbonyl (C=O) groups excluding carboxylic acids is 3. The van der Waals surface area contributed by atoms with Crippen LogP contribution >= 0.6 is 0 Å². The first kappa shape index (κ1) is 19.2. The van der Waals surface area contributed by atoms with Gasteiger partial charge >= 0.3 is 5.97 Å². The van der Waals surface area contributed by atoms with E-state index in [9.17, 15) is 14.4 Å². The number of rotatable bonds is 7. The van der Waals surface area contributed by atoms with Crippen LogP contribution in [0.1, 0.15) is 24.0 Å². The van der Waals surface area contributed by atoms with Gasteiger partial charge in [-0.1, -0.05) is 36.4 Å². The van der Waals surface area contributed by atoms with Gasteiger partial charge in [-0.2, -0.15) is 0 Å². The van der Waals surface area contributed by atoms with Gasteiger partial charge in [0.25, 0.3) is 5.91 Å². The summed E-state index contributed by atoms with van der Waals surface area (Å²) in [5.74, 6) is -1.29. The first-order valence-electron chi connectivity index (χ1n) is 8.32. The normalized spacial score (nSPS) is 10.1. The molecule has 0 atom stereocenters. The van der Waals surface area contributed by atoms with Gasteiger partial charge in [0, 0.05) is 17.8 Å². The average Bonchev–Trinajstić information content (AvgIpc) is 2.62. The minimum absolute atomic E-state index is 0.00703. The van der Waals surface area contributed by atoms with E-state index in [1.165, 1.54) is 0 Å². The molecule has 136 valence electrons. The Bertz CT molecular complexity index is 767. The van der Waals surface area contributed by atoms with Crippen molar-refractivity contribution < 1.29 is 19.1 Å². The molecule has 2 rings (SSSR count). The van der Waals surface area contributed by atoms with Gasteiger partial charge in [0.1, 0.15) is 0 Å². The standard InChI is InChI=1S/C20H22N2O4/c1-14-7-6-8-15(2)20(14)22-17(23)11-12-19(25)26-13-18(24)21-16-9-4-3-5-10-16/h3-10H,11-13H2,1-2H3,(H,21,24)(H,22,23). The Labute approximate surface area is 152 Å². The molecule has 2 aromatic carbocycles. The Morgan fingerprint density at radius 3 is 2.12 bits per heavy atom. The van der Waals surface area contributed by atoms with Crippen LogP contribution in [0.15, 0.2) is 48.5 Å². The SMILES string of the molecule is Cc1cccc(C)c1NC(=O)CCC(=O)OCC(=O)Nc1ccccc1. The van der Waals surface area contributed by atoms with E-state index < -0.39 is 11.9 Å². The second-order valence-corrected chi connectivity index (χ2v) is 5.89. The highest BCUT2D eigenvalue weighted by molar-refractivity contribution is 5.95. The lowest BCUT2D eigenvalue weighted by molar-refractivity contribution is -0.147. The summed E-state index contributed by atoms with van der Waals surface area (Å²) < 4.78 is 4.89. The number of anilines is 2. The minimum Gasteiger partial charge on any atom is -0.456 e. The minimum atomic E-state index is -0.593. The Balaban J connectivity index is 1.71. The van der Waals surface area contributed by atoms with Gasteiger partial charge in [-0.3, -0.25) is 14.4 Å². The van der Waals surface area contributed by atoms with Crippen molar-refractivity contribution in [3.8, 4) is 0 Å². The van der Waals surface area contributed by atoms with Crippen LogP contribution in [-0.4, -0.2) is 24.4 Å². The maximum atomic E-state index is 12.0. The van der Waals surface area contributed by atoms with Crippen molar-refractivity contribution in [2.75, 3.05) is 17.2 Å². The summed E-state index contributed by atoms with van der Waals surface area (Å²) in [6.45, 7) is 3.43. The Morgan fingerprint density at radius 2 is 1.46 bits per heavy atom. The van der Waals surface area contributed by atoms with Crippen molar-refractivity contribution >= 4 is 29.2 Å². The zero-order chi connectivity index (χ0) is 18.9. The summed E-state index contributed by atoms with van der Waals surface area (Å²) in [5.41, 5.74) is 3.30. The number of aryl methyl sites for hydroxylation is 2. The lowest BCUT2D eigenvalue weighted by Gasteiger charge is -2.11. The van der Waals surface area contributed by atoms with Crippen LogP contribution < -0.4 is 10.6 Å². The van der Waals surface area contributed by atoms with Crippen LogP contribution in [0, 0.1) is 13.8 Å². The zero-order valence-electron chi connectivity index (χ0n) is 14.9. The third kappa shape index (κ3) is 6.05.